The Labute approximate surface area is 74.0 Å². The first kappa shape index (κ1) is 13.7. The number of unbranched alkanes of at least 4 members (excludes halogenated alkanes) is 1. The van der Waals surface area contributed by atoms with Crippen LogP contribution in [-0.2, 0) is 4.79 Å². The Bertz CT molecular complexity index is 125. The molecular weight excluding hydrogens is 154 g/mol. The number of carbonyl (C=O) groups excluding carboxylic acids is 1. The van der Waals surface area contributed by atoms with Gasteiger partial charge >= 0.3 is 0 Å². The van der Waals surface area contributed by atoms with E-state index >= 15 is 0 Å². The Morgan fingerprint density at radius 1 is 1.75 bits per heavy atom. The fourth-order valence-electron chi connectivity index (χ4n) is 0.286. The second kappa shape index (κ2) is 10.1. The van der Waals surface area contributed by atoms with Crippen molar-refractivity contribution in [3.05, 3.63) is 12.7 Å². The average molecular weight is 173 g/mol. The van der Waals surface area contributed by atoms with Gasteiger partial charge in [-0.3, -0.25) is 10.6 Å². The number of nitrogens with two attached hydrogens (primary N) is 2. The maximum atomic E-state index is 10.0. The minimum absolute atomic E-state index is 0.431. The lowest BCUT2D eigenvalue weighted by Gasteiger charge is -2.00. The van der Waals surface area contributed by atoms with Crippen molar-refractivity contribution in [3.63, 3.8) is 0 Å². The van der Waals surface area contributed by atoms with Gasteiger partial charge in [-0.2, -0.15) is 0 Å². The monoisotopic (exact) mass is 173 g/mol. The molecule has 1 unspecified atom stereocenters. The van der Waals surface area contributed by atoms with Gasteiger partial charge in [0.2, 0.25) is 5.91 Å². The van der Waals surface area contributed by atoms with Crippen molar-refractivity contribution in [3.8, 4) is 0 Å². The highest BCUT2D eigenvalue weighted by atomic mass is 16.1. The van der Waals surface area contributed by atoms with Crippen molar-refractivity contribution < 1.29 is 4.79 Å². The van der Waals surface area contributed by atoms with Crippen LogP contribution in [0.2, 0.25) is 0 Å². The van der Waals surface area contributed by atoms with Crippen molar-refractivity contribution in [1.29, 1.82) is 0 Å². The van der Waals surface area contributed by atoms with Crippen LogP contribution in [0.3, 0.4) is 0 Å². The van der Waals surface area contributed by atoms with E-state index < -0.39 is 11.9 Å². The number of carbonyl (C=O) groups is 1. The van der Waals surface area contributed by atoms with Gasteiger partial charge in [0.25, 0.3) is 0 Å². The zero-order valence-corrected chi connectivity index (χ0v) is 7.84. The standard InChI is InChI=1S/C5H10.C3H9N3O/c1-3-5-4-2;1-2(6-5)3(4)7/h3H,1,4-5H2,2H3;2,6H,5H2,1H3,(H2,4,7). The lowest BCUT2D eigenvalue weighted by atomic mass is 10.3. The van der Waals surface area contributed by atoms with Crippen molar-refractivity contribution in [1.82, 2.24) is 5.43 Å². The molecule has 4 nitrogen and oxygen atoms in total. The predicted molar refractivity (Wildman–Crippen MR) is 51.1 cm³/mol. The molecule has 0 bridgehead atoms. The van der Waals surface area contributed by atoms with E-state index in [-0.39, 0.29) is 0 Å². The van der Waals surface area contributed by atoms with Gasteiger partial charge in [0.05, 0.1) is 6.04 Å². The van der Waals surface area contributed by atoms with E-state index in [1.54, 1.807) is 6.92 Å². The first-order valence-corrected chi connectivity index (χ1v) is 3.96. The largest absolute Gasteiger partial charge is 0.368 e. The Kier molecular flexibility index (Phi) is 11.6. The summed E-state index contributed by atoms with van der Waals surface area (Å²) in [6.45, 7) is 7.28. The molecule has 0 rings (SSSR count). The minimum atomic E-state index is -0.442. The first-order chi connectivity index (χ1) is 5.59. The second-order valence-electron chi connectivity index (χ2n) is 2.37. The second-order valence-corrected chi connectivity index (χ2v) is 2.37. The van der Waals surface area contributed by atoms with Crippen LogP contribution in [-0.4, -0.2) is 11.9 Å². The summed E-state index contributed by atoms with van der Waals surface area (Å²) in [5.41, 5.74) is 6.95. The van der Waals surface area contributed by atoms with E-state index in [9.17, 15) is 4.79 Å². The number of hydrazine groups is 1. The van der Waals surface area contributed by atoms with E-state index in [1.165, 1.54) is 6.42 Å². The number of rotatable bonds is 4. The van der Waals surface area contributed by atoms with E-state index in [0.717, 1.165) is 6.42 Å². The van der Waals surface area contributed by atoms with Gasteiger partial charge in [-0.1, -0.05) is 19.4 Å². The number of hydrogen-bond acceptors (Lipinski definition) is 3. The molecule has 1 atom stereocenters. The zero-order valence-electron chi connectivity index (χ0n) is 7.84. The summed E-state index contributed by atoms with van der Waals surface area (Å²) in [6, 6.07) is -0.431. The van der Waals surface area contributed by atoms with Gasteiger partial charge in [-0.25, -0.2) is 5.43 Å². The van der Waals surface area contributed by atoms with Crippen molar-refractivity contribution in [2.24, 2.45) is 11.6 Å². The molecular formula is C8H19N3O. The third-order valence-corrected chi connectivity index (χ3v) is 1.17. The van der Waals surface area contributed by atoms with Crippen molar-refractivity contribution in [2.75, 3.05) is 0 Å². The fraction of sp³-hybridized carbons (Fsp3) is 0.625. The van der Waals surface area contributed by atoms with E-state index in [2.05, 4.69) is 18.9 Å². The number of hydrogen-bond donors (Lipinski definition) is 3. The lowest BCUT2D eigenvalue weighted by molar-refractivity contribution is -0.119. The molecule has 0 aromatic heterocycles. The predicted octanol–water partition coefficient (Wildman–Crippen LogP) is 0.296. The van der Waals surface area contributed by atoms with Crippen LogP contribution < -0.4 is 17.0 Å². The number of nitrogens with one attached hydrogen (secondary N) is 1. The van der Waals surface area contributed by atoms with E-state index in [0.29, 0.717) is 0 Å². The molecule has 0 aliphatic carbocycles. The third kappa shape index (κ3) is 11.9. The molecule has 0 aliphatic heterocycles. The number of primary amides is 1. The molecule has 0 aliphatic rings. The number of allylic oxidation sites excluding steroid dienone is 1. The SMILES string of the molecule is C=CCCC.CC(NN)C(N)=O. The highest BCUT2D eigenvalue weighted by molar-refractivity contribution is 5.79. The van der Waals surface area contributed by atoms with Crippen molar-refractivity contribution >= 4 is 5.91 Å². The molecule has 0 aromatic rings. The summed E-state index contributed by atoms with van der Waals surface area (Å²) >= 11 is 0. The average Bonchev–Trinajstić information content (AvgIpc) is 2.05. The molecule has 72 valence electrons. The zero-order chi connectivity index (χ0) is 9.98. The quantitative estimate of drug-likeness (QED) is 0.325. The van der Waals surface area contributed by atoms with Gasteiger partial charge < -0.3 is 5.73 Å². The van der Waals surface area contributed by atoms with Crippen molar-refractivity contribution in [2.45, 2.75) is 32.7 Å². The van der Waals surface area contributed by atoms with E-state index in [4.69, 9.17) is 11.6 Å². The van der Waals surface area contributed by atoms with Crippen LogP contribution in [0.25, 0.3) is 0 Å². The van der Waals surface area contributed by atoms with Gasteiger partial charge in [-0.15, -0.1) is 6.58 Å². The molecule has 4 heteroatoms. The van der Waals surface area contributed by atoms with Crippen LogP contribution in [0.4, 0.5) is 0 Å². The summed E-state index contributed by atoms with van der Waals surface area (Å²) in [5.74, 6) is 4.38. The molecule has 0 radical (unpaired) electrons. The smallest absolute Gasteiger partial charge is 0.235 e. The summed E-state index contributed by atoms with van der Waals surface area (Å²) in [7, 11) is 0. The van der Waals surface area contributed by atoms with Gasteiger partial charge in [-0.05, 0) is 13.3 Å². The molecule has 5 N–H and O–H groups in total. The molecule has 0 fully saturated rings. The number of amides is 1. The Balaban J connectivity index is 0. The molecule has 0 saturated carbocycles. The molecule has 1 amide bonds. The fourth-order valence-corrected chi connectivity index (χ4v) is 0.286. The normalized spacial score (nSPS) is 10.9. The summed E-state index contributed by atoms with van der Waals surface area (Å²) in [5, 5.41) is 0. The Hall–Kier alpha value is -0.870. The van der Waals surface area contributed by atoms with Gasteiger partial charge in [0.1, 0.15) is 0 Å². The third-order valence-electron chi connectivity index (χ3n) is 1.17. The highest BCUT2D eigenvalue weighted by Crippen LogP contribution is 1.82. The molecule has 12 heavy (non-hydrogen) atoms. The first-order valence-electron chi connectivity index (χ1n) is 3.96. The van der Waals surface area contributed by atoms with E-state index in [1.807, 2.05) is 6.08 Å². The highest BCUT2D eigenvalue weighted by Gasteiger charge is 2.01. The van der Waals surface area contributed by atoms with Crippen LogP contribution in [0.1, 0.15) is 26.7 Å². The molecule has 0 heterocycles. The molecule has 0 spiro atoms. The Morgan fingerprint density at radius 3 is 2.25 bits per heavy atom. The molecule has 0 saturated heterocycles. The van der Waals surface area contributed by atoms with Crippen LogP contribution in [0.5, 0.6) is 0 Å². The summed E-state index contributed by atoms with van der Waals surface area (Å²) < 4.78 is 0. The maximum absolute atomic E-state index is 10.0. The lowest BCUT2D eigenvalue weighted by Crippen LogP contribution is -2.42. The summed E-state index contributed by atoms with van der Waals surface area (Å²) in [4.78, 5) is 10.0. The molecule has 0 aromatic carbocycles. The van der Waals surface area contributed by atoms with Gasteiger partial charge in [0.15, 0.2) is 0 Å². The van der Waals surface area contributed by atoms with Crippen LogP contribution in [0, 0.1) is 0 Å². The minimum Gasteiger partial charge on any atom is -0.368 e. The summed E-state index contributed by atoms with van der Waals surface area (Å²) in [6.07, 6.45) is 4.31. The topological polar surface area (TPSA) is 81.1 Å². The Morgan fingerprint density at radius 2 is 2.25 bits per heavy atom. The van der Waals surface area contributed by atoms with Crippen LogP contribution >= 0.6 is 0 Å². The van der Waals surface area contributed by atoms with Crippen LogP contribution in [0.15, 0.2) is 12.7 Å². The maximum Gasteiger partial charge on any atom is 0.235 e. The van der Waals surface area contributed by atoms with Gasteiger partial charge in [0, 0.05) is 0 Å².